The second kappa shape index (κ2) is 7.56. The van der Waals surface area contributed by atoms with Crippen molar-refractivity contribution < 1.29 is 9.47 Å². The van der Waals surface area contributed by atoms with E-state index in [1.54, 1.807) is 0 Å². The van der Waals surface area contributed by atoms with Gasteiger partial charge in [-0.1, -0.05) is 0 Å². The van der Waals surface area contributed by atoms with Crippen LogP contribution in [0.25, 0.3) is 0 Å². The third kappa shape index (κ3) is 6.62. The van der Waals surface area contributed by atoms with E-state index in [2.05, 4.69) is 13.8 Å². The topological polar surface area (TPSA) is 18.5 Å². The molecule has 2 unspecified atom stereocenters. The van der Waals surface area contributed by atoms with Crippen molar-refractivity contribution in [3.05, 3.63) is 0 Å². The predicted octanol–water partition coefficient (Wildman–Crippen LogP) is 2.62. The fourth-order valence-corrected chi connectivity index (χ4v) is 1.21. The van der Waals surface area contributed by atoms with E-state index in [1.165, 1.54) is 0 Å². The molecular weight excluding hydrogens is 152 g/mol. The van der Waals surface area contributed by atoms with Gasteiger partial charge >= 0.3 is 0 Å². The van der Waals surface area contributed by atoms with Crippen molar-refractivity contribution in [3.8, 4) is 0 Å². The van der Waals surface area contributed by atoms with Gasteiger partial charge in [0.05, 0.1) is 12.2 Å². The van der Waals surface area contributed by atoms with Crippen molar-refractivity contribution in [2.24, 2.45) is 0 Å². The summed E-state index contributed by atoms with van der Waals surface area (Å²) in [5, 5.41) is 0. The zero-order chi connectivity index (χ0) is 9.40. The van der Waals surface area contributed by atoms with Crippen molar-refractivity contribution >= 4 is 0 Å². The molecule has 0 amide bonds. The molecule has 0 heterocycles. The molecule has 2 atom stereocenters. The van der Waals surface area contributed by atoms with E-state index in [0.29, 0.717) is 12.2 Å². The van der Waals surface area contributed by atoms with Crippen LogP contribution in [0.5, 0.6) is 0 Å². The van der Waals surface area contributed by atoms with Crippen LogP contribution in [0.2, 0.25) is 0 Å². The molecule has 0 saturated heterocycles. The third-order valence-electron chi connectivity index (χ3n) is 1.88. The fourth-order valence-electron chi connectivity index (χ4n) is 1.21. The number of hydrogen-bond donors (Lipinski definition) is 0. The van der Waals surface area contributed by atoms with Gasteiger partial charge in [0.15, 0.2) is 0 Å². The second-order valence-corrected chi connectivity index (χ2v) is 3.11. The molecule has 0 aliphatic carbocycles. The molecule has 2 heteroatoms. The summed E-state index contributed by atoms with van der Waals surface area (Å²) in [6.45, 7) is 9.91. The van der Waals surface area contributed by atoms with E-state index in [-0.39, 0.29) is 0 Å². The van der Waals surface area contributed by atoms with Crippen molar-refractivity contribution in [2.45, 2.75) is 52.7 Å². The molecule has 0 aromatic heterocycles. The van der Waals surface area contributed by atoms with Crippen molar-refractivity contribution in [1.82, 2.24) is 0 Å². The smallest absolute Gasteiger partial charge is 0.0547 e. The summed E-state index contributed by atoms with van der Waals surface area (Å²) in [4.78, 5) is 0. The highest BCUT2D eigenvalue weighted by Gasteiger charge is 2.05. The Kier molecular flexibility index (Phi) is 7.51. The molecule has 0 aromatic rings. The molecular formula is C10H22O2. The molecule has 0 fully saturated rings. The Labute approximate surface area is 76.3 Å². The first-order valence-electron chi connectivity index (χ1n) is 4.93. The van der Waals surface area contributed by atoms with Gasteiger partial charge in [-0.05, 0) is 40.5 Å². The lowest BCUT2D eigenvalue weighted by atomic mass is 10.1. The quantitative estimate of drug-likeness (QED) is 0.590. The average molecular weight is 174 g/mol. The average Bonchev–Trinajstić information content (AvgIpc) is 2.02. The standard InChI is InChI=1S/C10H22O2/c1-5-11-9(3)7-8-10(4)12-6-2/h9-10H,5-8H2,1-4H3. The van der Waals surface area contributed by atoms with Gasteiger partial charge in [0.25, 0.3) is 0 Å². The minimum Gasteiger partial charge on any atom is -0.379 e. The molecule has 2 nitrogen and oxygen atoms in total. The van der Waals surface area contributed by atoms with Crippen LogP contribution < -0.4 is 0 Å². The van der Waals surface area contributed by atoms with Crippen LogP contribution >= 0.6 is 0 Å². The first-order valence-corrected chi connectivity index (χ1v) is 4.93. The monoisotopic (exact) mass is 174 g/mol. The van der Waals surface area contributed by atoms with Gasteiger partial charge in [0, 0.05) is 13.2 Å². The SMILES string of the molecule is CCOC(C)CCC(C)OCC. The highest BCUT2D eigenvalue weighted by atomic mass is 16.5. The number of hydrogen-bond acceptors (Lipinski definition) is 2. The lowest BCUT2D eigenvalue weighted by Gasteiger charge is -2.15. The first kappa shape index (κ1) is 11.9. The largest absolute Gasteiger partial charge is 0.379 e. The van der Waals surface area contributed by atoms with E-state index in [1.807, 2.05) is 13.8 Å². The third-order valence-corrected chi connectivity index (χ3v) is 1.88. The first-order chi connectivity index (χ1) is 5.70. The Morgan fingerprint density at radius 1 is 0.833 bits per heavy atom. The van der Waals surface area contributed by atoms with Crippen LogP contribution in [0.1, 0.15) is 40.5 Å². The van der Waals surface area contributed by atoms with Crippen LogP contribution in [0, 0.1) is 0 Å². The van der Waals surface area contributed by atoms with Crippen LogP contribution in [0.15, 0.2) is 0 Å². The van der Waals surface area contributed by atoms with E-state index in [4.69, 9.17) is 9.47 Å². The summed E-state index contributed by atoms with van der Waals surface area (Å²) >= 11 is 0. The molecule has 74 valence electrons. The van der Waals surface area contributed by atoms with E-state index >= 15 is 0 Å². The zero-order valence-corrected chi connectivity index (χ0v) is 8.80. The summed E-state index contributed by atoms with van der Waals surface area (Å²) in [6.07, 6.45) is 2.93. The fraction of sp³-hybridized carbons (Fsp3) is 1.00. The lowest BCUT2D eigenvalue weighted by Crippen LogP contribution is -2.14. The highest BCUT2D eigenvalue weighted by molar-refractivity contribution is 4.55. The van der Waals surface area contributed by atoms with Crippen LogP contribution in [0.3, 0.4) is 0 Å². The molecule has 12 heavy (non-hydrogen) atoms. The number of rotatable bonds is 7. The van der Waals surface area contributed by atoms with E-state index < -0.39 is 0 Å². The normalized spacial score (nSPS) is 16.0. The van der Waals surface area contributed by atoms with Crippen LogP contribution in [-0.2, 0) is 9.47 Å². The molecule has 0 rings (SSSR count). The molecule has 0 radical (unpaired) electrons. The minimum atomic E-state index is 0.373. The Hall–Kier alpha value is -0.0800. The number of ether oxygens (including phenoxy) is 2. The van der Waals surface area contributed by atoms with Crippen LogP contribution in [0.4, 0.5) is 0 Å². The lowest BCUT2D eigenvalue weighted by molar-refractivity contribution is 0.0338. The Morgan fingerprint density at radius 3 is 1.42 bits per heavy atom. The molecule has 0 aliphatic heterocycles. The summed E-state index contributed by atoms with van der Waals surface area (Å²) < 4.78 is 10.8. The second-order valence-electron chi connectivity index (χ2n) is 3.11. The van der Waals surface area contributed by atoms with Gasteiger partial charge in [0.2, 0.25) is 0 Å². The Morgan fingerprint density at radius 2 is 1.17 bits per heavy atom. The van der Waals surface area contributed by atoms with E-state index in [9.17, 15) is 0 Å². The molecule has 0 bridgehead atoms. The van der Waals surface area contributed by atoms with Crippen molar-refractivity contribution in [3.63, 3.8) is 0 Å². The maximum absolute atomic E-state index is 5.41. The van der Waals surface area contributed by atoms with Gasteiger partial charge in [-0.3, -0.25) is 0 Å². The zero-order valence-electron chi connectivity index (χ0n) is 8.80. The Balaban J connectivity index is 3.27. The molecule has 0 N–H and O–H groups in total. The van der Waals surface area contributed by atoms with Gasteiger partial charge in [-0.25, -0.2) is 0 Å². The molecule has 0 aromatic carbocycles. The minimum absolute atomic E-state index is 0.373. The molecule has 0 aliphatic rings. The molecule has 0 saturated carbocycles. The summed E-state index contributed by atoms with van der Waals surface area (Å²) in [5.74, 6) is 0. The van der Waals surface area contributed by atoms with Crippen molar-refractivity contribution in [2.75, 3.05) is 13.2 Å². The summed E-state index contributed by atoms with van der Waals surface area (Å²) in [7, 11) is 0. The highest BCUT2D eigenvalue weighted by Crippen LogP contribution is 2.06. The van der Waals surface area contributed by atoms with E-state index in [0.717, 1.165) is 26.1 Å². The van der Waals surface area contributed by atoms with Gasteiger partial charge in [-0.15, -0.1) is 0 Å². The Bertz CT molecular complexity index is 81.8. The summed E-state index contributed by atoms with van der Waals surface area (Å²) in [5.41, 5.74) is 0. The van der Waals surface area contributed by atoms with Gasteiger partial charge in [-0.2, -0.15) is 0 Å². The van der Waals surface area contributed by atoms with Gasteiger partial charge < -0.3 is 9.47 Å². The van der Waals surface area contributed by atoms with Crippen LogP contribution in [-0.4, -0.2) is 25.4 Å². The van der Waals surface area contributed by atoms with Gasteiger partial charge in [0.1, 0.15) is 0 Å². The maximum atomic E-state index is 5.41. The van der Waals surface area contributed by atoms with Crippen molar-refractivity contribution in [1.29, 1.82) is 0 Å². The maximum Gasteiger partial charge on any atom is 0.0547 e. The predicted molar refractivity (Wildman–Crippen MR) is 51.4 cm³/mol. The summed E-state index contributed by atoms with van der Waals surface area (Å²) in [6, 6.07) is 0. The molecule has 0 spiro atoms.